The van der Waals surface area contributed by atoms with Crippen LogP contribution in [0.1, 0.15) is 258 Å². The van der Waals surface area contributed by atoms with Crippen LogP contribution in [0.15, 0.2) is 72.9 Å². The number of unbranched alkanes of at least 4 members (excludes halogenated alkanes) is 28. The highest BCUT2D eigenvalue weighted by Gasteiger charge is 2.27. The van der Waals surface area contributed by atoms with Gasteiger partial charge < -0.3 is 18.9 Å². The number of hydrogen-bond acceptors (Lipinski definition) is 7. The molecule has 2 atom stereocenters. The molecule has 0 saturated heterocycles. The minimum absolute atomic E-state index is 0.0301. The quantitative estimate of drug-likeness (QED) is 0.0211. The van der Waals surface area contributed by atoms with Crippen molar-refractivity contribution in [2.45, 2.75) is 264 Å². The lowest BCUT2D eigenvalue weighted by molar-refractivity contribution is -0.870. The summed E-state index contributed by atoms with van der Waals surface area (Å²) in [4.78, 5) is 35.6. The molecular formula is C62H113NO8P+. The van der Waals surface area contributed by atoms with Gasteiger partial charge in [-0.2, -0.15) is 0 Å². The zero-order valence-electron chi connectivity index (χ0n) is 47.4. The maximum Gasteiger partial charge on any atom is 0.472 e. The number of phosphoric acid groups is 1. The Balaban J connectivity index is 3.99. The second kappa shape index (κ2) is 53.3. The molecule has 0 aromatic rings. The van der Waals surface area contributed by atoms with Crippen LogP contribution in [0, 0.1) is 0 Å². The lowest BCUT2D eigenvalue weighted by Crippen LogP contribution is -2.37. The summed E-state index contributed by atoms with van der Waals surface area (Å²) in [7, 11) is 1.48. The summed E-state index contributed by atoms with van der Waals surface area (Å²) in [6.45, 7) is 4.31. The molecule has 0 aliphatic heterocycles. The number of hydrogen-bond donors (Lipinski definition) is 1. The number of carbonyl (C=O) groups excluding carboxylic acids is 2. The number of likely N-dealkylation sites (N-methyl/N-ethyl adjacent to an activating group) is 1. The molecule has 418 valence electrons. The van der Waals surface area contributed by atoms with Crippen molar-refractivity contribution in [3.63, 3.8) is 0 Å². The van der Waals surface area contributed by atoms with Crippen molar-refractivity contribution in [3.05, 3.63) is 72.9 Å². The molecule has 0 amide bonds. The van der Waals surface area contributed by atoms with Crippen LogP contribution in [-0.2, 0) is 32.7 Å². The van der Waals surface area contributed by atoms with Crippen LogP contribution in [0.3, 0.4) is 0 Å². The van der Waals surface area contributed by atoms with Crippen molar-refractivity contribution in [1.29, 1.82) is 0 Å². The third-order valence-corrected chi connectivity index (χ3v) is 13.7. The standard InChI is InChI=1S/C62H112NO8P/c1-6-8-10-12-14-16-18-20-21-22-23-24-25-26-27-28-29-30-31-32-33-34-35-36-37-38-39-40-41-43-45-47-49-51-53-55-62(65)71-60(59-70-72(66,67)69-57-56-63(3,4)5)58-68-61(64)54-52-50-48-46-44-42-19-17-15-13-11-9-7-2/h8,10,14,16-17,19-21,23-24,26-27,60H,6-7,9,11-13,15,18,22,25,28-59H2,1-5H3/p+1/b10-8-,16-14-,19-17-,21-20-,24-23-,27-26-. The van der Waals surface area contributed by atoms with E-state index in [4.69, 9.17) is 18.5 Å². The number of rotatable bonds is 54. The topological polar surface area (TPSA) is 108 Å². The average molecular weight is 1030 g/mol. The first-order chi connectivity index (χ1) is 35.0. The summed E-state index contributed by atoms with van der Waals surface area (Å²) in [6, 6.07) is 0. The minimum Gasteiger partial charge on any atom is -0.462 e. The Morgan fingerprint density at radius 2 is 0.792 bits per heavy atom. The van der Waals surface area contributed by atoms with Gasteiger partial charge in [0.05, 0.1) is 27.7 Å². The minimum atomic E-state index is -4.38. The van der Waals surface area contributed by atoms with Crippen molar-refractivity contribution in [2.24, 2.45) is 0 Å². The fourth-order valence-corrected chi connectivity index (χ4v) is 8.90. The van der Waals surface area contributed by atoms with Crippen molar-refractivity contribution in [2.75, 3.05) is 47.5 Å². The van der Waals surface area contributed by atoms with Gasteiger partial charge in [0.1, 0.15) is 19.8 Å². The molecule has 0 aromatic heterocycles. The van der Waals surface area contributed by atoms with E-state index in [9.17, 15) is 19.0 Å². The lowest BCUT2D eigenvalue weighted by atomic mass is 10.0. The lowest BCUT2D eigenvalue weighted by Gasteiger charge is -2.24. The molecule has 0 saturated carbocycles. The molecule has 0 spiro atoms. The number of carbonyl (C=O) groups is 2. The summed E-state index contributed by atoms with van der Waals surface area (Å²) >= 11 is 0. The van der Waals surface area contributed by atoms with Crippen LogP contribution in [0.25, 0.3) is 0 Å². The van der Waals surface area contributed by atoms with Crippen LogP contribution in [0.2, 0.25) is 0 Å². The largest absolute Gasteiger partial charge is 0.472 e. The van der Waals surface area contributed by atoms with Crippen molar-refractivity contribution >= 4 is 19.8 Å². The third-order valence-electron chi connectivity index (χ3n) is 12.7. The van der Waals surface area contributed by atoms with Gasteiger partial charge in [0.15, 0.2) is 6.10 Å². The molecule has 2 unspecified atom stereocenters. The van der Waals surface area contributed by atoms with Crippen LogP contribution in [0.4, 0.5) is 0 Å². The Morgan fingerprint density at radius 1 is 0.444 bits per heavy atom. The summed E-state index contributed by atoms with van der Waals surface area (Å²) in [5, 5.41) is 0. The van der Waals surface area contributed by atoms with Crippen molar-refractivity contribution in [3.8, 4) is 0 Å². The molecule has 0 bridgehead atoms. The monoisotopic (exact) mass is 1030 g/mol. The van der Waals surface area contributed by atoms with Crippen LogP contribution < -0.4 is 0 Å². The number of nitrogens with zero attached hydrogens (tertiary/aromatic N) is 1. The third kappa shape index (κ3) is 56.7. The molecule has 0 aliphatic carbocycles. The normalized spacial score (nSPS) is 13.8. The van der Waals surface area contributed by atoms with Gasteiger partial charge in [0.2, 0.25) is 0 Å². The van der Waals surface area contributed by atoms with Gasteiger partial charge in [-0.1, -0.05) is 234 Å². The average Bonchev–Trinajstić information content (AvgIpc) is 3.34. The summed E-state index contributed by atoms with van der Waals surface area (Å²) in [5.41, 5.74) is 0. The Kier molecular flexibility index (Phi) is 51.4. The summed E-state index contributed by atoms with van der Waals surface area (Å²) in [6.07, 6.45) is 69.9. The molecule has 0 fully saturated rings. The van der Waals surface area contributed by atoms with Crippen molar-refractivity contribution < 1.29 is 42.1 Å². The first-order valence-corrected chi connectivity index (χ1v) is 31.2. The Bertz CT molecular complexity index is 1450. The number of quaternary nitrogens is 1. The first kappa shape index (κ1) is 69.5. The molecule has 0 radical (unpaired) electrons. The zero-order valence-corrected chi connectivity index (χ0v) is 48.3. The summed E-state index contributed by atoms with van der Waals surface area (Å²) < 4.78 is 34.5. The van der Waals surface area contributed by atoms with Gasteiger partial charge in [-0.3, -0.25) is 18.6 Å². The molecule has 9 nitrogen and oxygen atoms in total. The SMILES string of the molecule is CC/C=C\C/C=C\C/C=C\C/C=C\C/C=C\CCCCCCCCCCCCCCCCCCCCCC(=O)OC(COC(=O)CCCCCCC/C=C\CCCCCC)COP(=O)(O)OCC[N+](C)(C)C. The molecule has 0 rings (SSSR count). The van der Waals surface area contributed by atoms with Crippen molar-refractivity contribution in [1.82, 2.24) is 0 Å². The van der Waals surface area contributed by atoms with Gasteiger partial charge in [-0.05, 0) is 83.5 Å². The highest BCUT2D eigenvalue weighted by atomic mass is 31.2. The second-order valence-electron chi connectivity index (χ2n) is 21.0. The van der Waals surface area contributed by atoms with Crippen LogP contribution in [-0.4, -0.2) is 74.9 Å². The molecule has 1 N–H and O–H groups in total. The van der Waals surface area contributed by atoms with E-state index >= 15 is 0 Å². The highest BCUT2D eigenvalue weighted by Crippen LogP contribution is 2.43. The van der Waals surface area contributed by atoms with E-state index < -0.39 is 26.5 Å². The predicted octanol–water partition coefficient (Wildman–Crippen LogP) is 18.5. The fourth-order valence-electron chi connectivity index (χ4n) is 8.16. The van der Waals surface area contributed by atoms with Gasteiger partial charge in [0.25, 0.3) is 0 Å². The van der Waals surface area contributed by atoms with Gasteiger partial charge >= 0.3 is 19.8 Å². The number of allylic oxidation sites excluding steroid dienone is 12. The number of phosphoric ester groups is 1. The number of esters is 2. The Morgan fingerprint density at radius 3 is 1.19 bits per heavy atom. The second-order valence-corrected chi connectivity index (χ2v) is 22.5. The van der Waals surface area contributed by atoms with E-state index in [2.05, 4.69) is 86.8 Å². The van der Waals surface area contributed by atoms with E-state index in [-0.39, 0.29) is 32.0 Å². The van der Waals surface area contributed by atoms with E-state index in [0.717, 1.165) is 83.5 Å². The first-order valence-electron chi connectivity index (χ1n) is 29.7. The Labute approximate surface area is 444 Å². The smallest absolute Gasteiger partial charge is 0.462 e. The van der Waals surface area contributed by atoms with Crippen LogP contribution in [0.5, 0.6) is 0 Å². The maximum absolute atomic E-state index is 12.8. The number of ether oxygens (including phenoxy) is 2. The van der Waals surface area contributed by atoms with E-state index in [1.54, 1.807) is 0 Å². The van der Waals surface area contributed by atoms with E-state index in [1.807, 2.05) is 21.1 Å². The molecular weight excluding hydrogens is 918 g/mol. The van der Waals surface area contributed by atoms with E-state index in [1.165, 1.54) is 141 Å². The predicted molar refractivity (Wildman–Crippen MR) is 307 cm³/mol. The van der Waals surface area contributed by atoms with Gasteiger partial charge in [-0.25, -0.2) is 4.57 Å². The maximum atomic E-state index is 12.8. The molecule has 72 heavy (non-hydrogen) atoms. The summed E-state index contributed by atoms with van der Waals surface area (Å²) in [5.74, 6) is -0.801. The fraction of sp³-hybridized carbons (Fsp3) is 0.774. The van der Waals surface area contributed by atoms with Crippen LogP contribution >= 0.6 is 7.82 Å². The molecule has 10 heteroatoms. The van der Waals surface area contributed by atoms with Gasteiger partial charge in [0, 0.05) is 12.8 Å². The molecule has 0 aromatic carbocycles. The zero-order chi connectivity index (χ0) is 52.7. The molecule has 0 aliphatic rings. The highest BCUT2D eigenvalue weighted by molar-refractivity contribution is 7.47. The van der Waals surface area contributed by atoms with Gasteiger partial charge in [-0.15, -0.1) is 0 Å². The molecule has 0 heterocycles. The van der Waals surface area contributed by atoms with E-state index in [0.29, 0.717) is 17.4 Å². The Hall–Kier alpha value is -2.55.